The first-order valence-corrected chi connectivity index (χ1v) is 11.0. The van der Waals surface area contributed by atoms with Crippen LogP contribution in [0.15, 0.2) is 59.3 Å². The van der Waals surface area contributed by atoms with Crippen molar-refractivity contribution in [3.05, 3.63) is 72.0 Å². The van der Waals surface area contributed by atoms with Crippen LogP contribution < -0.4 is 0 Å². The van der Waals surface area contributed by atoms with Crippen LogP contribution in [-0.2, 0) is 24.7 Å². The molecule has 0 aliphatic carbocycles. The summed E-state index contributed by atoms with van der Waals surface area (Å²) in [6.07, 6.45) is 4.97. The lowest BCUT2D eigenvalue weighted by Crippen LogP contribution is -2.41. The number of piperidine rings is 1. The minimum atomic E-state index is -0.372. The molecule has 0 spiro atoms. The predicted molar refractivity (Wildman–Crippen MR) is 119 cm³/mol. The topological polar surface area (TPSA) is 64.2 Å². The standard InChI is InChI=1S/C25H25FN4O2/c1-29-16-18(19-8-3-5-11-22(19)29)14-24(31)30-12-6-7-17(15-30)13-23-27-25(28-32-23)20-9-2-4-10-21(20)26/h2-5,8-11,16-17H,6-7,12-15H2,1H3. The lowest BCUT2D eigenvalue weighted by Gasteiger charge is -2.32. The number of halogens is 1. The van der Waals surface area contributed by atoms with Crippen LogP contribution in [-0.4, -0.2) is 38.6 Å². The Labute approximate surface area is 185 Å². The Balaban J connectivity index is 1.25. The molecule has 32 heavy (non-hydrogen) atoms. The van der Waals surface area contributed by atoms with Crippen LogP contribution >= 0.6 is 0 Å². The SMILES string of the molecule is Cn1cc(CC(=O)N2CCCC(Cc3nc(-c4ccccc4F)no3)C2)c2ccccc21. The van der Waals surface area contributed by atoms with Gasteiger partial charge < -0.3 is 14.0 Å². The molecule has 1 aliphatic heterocycles. The number of fused-ring (bicyclic) bond motifs is 1. The van der Waals surface area contributed by atoms with Crippen LogP contribution in [0.4, 0.5) is 4.39 Å². The Kier molecular flexibility index (Phi) is 5.47. The summed E-state index contributed by atoms with van der Waals surface area (Å²) >= 11 is 0. The highest BCUT2D eigenvalue weighted by molar-refractivity contribution is 5.89. The zero-order chi connectivity index (χ0) is 22.1. The van der Waals surface area contributed by atoms with Gasteiger partial charge in [0.1, 0.15) is 5.82 Å². The van der Waals surface area contributed by atoms with Gasteiger partial charge in [-0.2, -0.15) is 4.98 Å². The van der Waals surface area contributed by atoms with E-state index in [1.807, 2.05) is 30.3 Å². The van der Waals surface area contributed by atoms with E-state index < -0.39 is 0 Å². The molecular weight excluding hydrogens is 407 g/mol. The molecule has 0 radical (unpaired) electrons. The number of aryl methyl sites for hydroxylation is 1. The lowest BCUT2D eigenvalue weighted by molar-refractivity contribution is -0.132. The molecule has 2 aromatic heterocycles. The molecule has 5 rings (SSSR count). The summed E-state index contributed by atoms with van der Waals surface area (Å²) in [4.78, 5) is 19.4. The average Bonchev–Trinajstić information content (AvgIpc) is 3.39. The molecule has 6 nitrogen and oxygen atoms in total. The number of hydrogen-bond acceptors (Lipinski definition) is 4. The van der Waals surface area contributed by atoms with E-state index in [4.69, 9.17) is 4.52 Å². The summed E-state index contributed by atoms with van der Waals surface area (Å²) in [5.41, 5.74) is 2.52. The largest absolute Gasteiger partial charge is 0.350 e. The third kappa shape index (κ3) is 4.02. The van der Waals surface area contributed by atoms with Crippen molar-refractivity contribution in [1.82, 2.24) is 19.6 Å². The van der Waals surface area contributed by atoms with Gasteiger partial charge in [-0.25, -0.2) is 4.39 Å². The van der Waals surface area contributed by atoms with Gasteiger partial charge in [0.25, 0.3) is 0 Å². The molecule has 3 heterocycles. The van der Waals surface area contributed by atoms with E-state index in [1.54, 1.807) is 18.2 Å². The van der Waals surface area contributed by atoms with Crippen molar-refractivity contribution in [1.29, 1.82) is 0 Å². The Morgan fingerprint density at radius 2 is 2.00 bits per heavy atom. The number of amides is 1. The van der Waals surface area contributed by atoms with Crippen LogP contribution in [0.3, 0.4) is 0 Å². The first kappa shape index (κ1) is 20.4. The Morgan fingerprint density at radius 3 is 2.88 bits per heavy atom. The highest BCUT2D eigenvalue weighted by Crippen LogP contribution is 2.25. The van der Waals surface area contributed by atoms with Crippen molar-refractivity contribution in [3.8, 4) is 11.4 Å². The normalized spacial score (nSPS) is 16.6. The Bertz CT molecular complexity index is 1260. The third-order valence-corrected chi connectivity index (χ3v) is 6.24. The van der Waals surface area contributed by atoms with E-state index in [0.29, 0.717) is 30.8 Å². The number of carbonyl (C=O) groups is 1. The van der Waals surface area contributed by atoms with Gasteiger partial charge in [-0.05, 0) is 42.5 Å². The second kappa shape index (κ2) is 8.57. The summed E-state index contributed by atoms with van der Waals surface area (Å²) < 4.78 is 21.4. The maximum Gasteiger partial charge on any atom is 0.227 e. The molecule has 1 fully saturated rings. The van der Waals surface area contributed by atoms with Gasteiger partial charge in [0.05, 0.1) is 12.0 Å². The van der Waals surface area contributed by atoms with Crippen LogP contribution in [0.1, 0.15) is 24.3 Å². The first-order valence-electron chi connectivity index (χ1n) is 11.0. The van der Waals surface area contributed by atoms with E-state index in [2.05, 4.69) is 26.8 Å². The maximum atomic E-state index is 14.0. The van der Waals surface area contributed by atoms with Gasteiger partial charge in [-0.3, -0.25) is 4.79 Å². The Morgan fingerprint density at radius 1 is 1.19 bits per heavy atom. The van der Waals surface area contributed by atoms with E-state index in [1.165, 1.54) is 6.07 Å². The molecule has 0 saturated carbocycles. The second-order valence-corrected chi connectivity index (χ2v) is 8.50. The monoisotopic (exact) mass is 432 g/mol. The summed E-state index contributed by atoms with van der Waals surface area (Å²) in [7, 11) is 2.01. The second-order valence-electron chi connectivity index (χ2n) is 8.50. The van der Waals surface area contributed by atoms with Gasteiger partial charge >= 0.3 is 0 Å². The molecule has 164 valence electrons. The van der Waals surface area contributed by atoms with E-state index in [0.717, 1.165) is 35.9 Å². The van der Waals surface area contributed by atoms with Crippen LogP contribution in [0, 0.1) is 11.7 Å². The number of nitrogens with zero attached hydrogens (tertiary/aromatic N) is 4. The van der Waals surface area contributed by atoms with Crippen molar-refractivity contribution in [2.75, 3.05) is 13.1 Å². The van der Waals surface area contributed by atoms with E-state index in [-0.39, 0.29) is 23.5 Å². The fraction of sp³-hybridized carbons (Fsp3) is 0.320. The number of rotatable bonds is 5. The van der Waals surface area contributed by atoms with E-state index in [9.17, 15) is 9.18 Å². The number of carbonyl (C=O) groups excluding carboxylic acids is 1. The molecule has 1 unspecified atom stereocenters. The fourth-order valence-corrected chi connectivity index (χ4v) is 4.64. The summed E-state index contributed by atoms with van der Waals surface area (Å²) in [6.45, 7) is 1.44. The van der Waals surface area contributed by atoms with Crippen molar-refractivity contribution >= 4 is 16.8 Å². The number of aromatic nitrogens is 3. The van der Waals surface area contributed by atoms with Gasteiger partial charge in [-0.1, -0.05) is 35.5 Å². The molecule has 0 bridgehead atoms. The molecule has 1 amide bonds. The van der Waals surface area contributed by atoms with E-state index >= 15 is 0 Å². The summed E-state index contributed by atoms with van der Waals surface area (Å²) in [6, 6.07) is 14.6. The Hall–Kier alpha value is -3.48. The van der Waals surface area contributed by atoms with Gasteiger partial charge in [0.2, 0.25) is 17.6 Å². The van der Waals surface area contributed by atoms with Crippen molar-refractivity contribution < 1.29 is 13.7 Å². The quantitative estimate of drug-likeness (QED) is 0.469. The minimum absolute atomic E-state index is 0.142. The number of para-hydroxylation sites is 1. The highest BCUT2D eigenvalue weighted by atomic mass is 19.1. The lowest BCUT2D eigenvalue weighted by atomic mass is 9.94. The molecule has 7 heteroatoms. The number of hydrogen-bond donors (Lipinski definition) is 0. The molecule has 1 atom stereocenters. The van der Waals surface area contributed by atoms with Crippen LogP contribution in [0.25, 0.3) is 22.3 Å². The summed E-state index contributed by atoms with van der Waals surface area (Å²) in [5, 5.41) is 5.07. The van der Waals surface area contributed by atoms with Crippen LogP contribution in [0.5, 0.6) is 0 Å². The molecule has 2 aromatic carbocycles. The number of benzene rings is 2. The fourth-order valence-electron chi connectivity index (χ4n) is 4.64. The van der Waals surface area contributed by atoms with Crippen molar-refractivity contribution in [2.45, 2.75) is 25.7 Å². The zero-order valence-corrected chi connectivity index (χ0v) is 18.0. The van der Waals surface area contributed by atoms with Gasteiger partial charge in [-0.15, -0.1) is 0 Å². The average molecular weight is 432 g/mol. The van der Waals surface area contributed by atoms with Gasteiger partial charge in [0.15, 0.2) is 0 Å². The van der Waals surface area contributed by atoms with Crippen molar-refractivity contribution in [3.63, 3.8) is 0 Å². The number of likely N-dealkylation sites (tertiary alicyclic amines) is 1. The molecule has 4 aromatic rings. The third-order valence-electron chi connectivity index (χ3n) is 6.24. The smallest absolute Gasteiger partial charge is 0.227 e. The maximum absolute atomic E-state index is 14.0. The van der Waals surface area contributed by atoms with Crippen molar-refractivity contribution in [2.24, 2.45) is 13.0 Å². The predicted octanol–water partition coefficient (Wildman–Crippen LogP) is 4.39. The zero-order valence-electron chi connectivity index (χ0n) is 18.0. The highest BCUT2D eigenvalue weighted by Gasteiger charge is 2.26. The van der Waals surface area contributed by atoms with Gasteiger partial charge in [0, 0.05) is 43.7 Å². The summed E-state index contributed by atoms with van der Waals surface area (Å²) in [5.74, 6) is 0.759. The molecule has 1 aliphatic rings. The van der Waals surface area contributed by atoms with Crippen LogP contribution in [0.2, 0.25) is 0 Å². The first-order chi connectivity index (χ1) is 15.6. The molecule has 1 saturated heterocycles. The minimum Gasteiger partial charge on any atom is -0.350 e. The molecular formula is C25H25FN4O2. The molecule has 0 N–H and O–H groups in total.